The number of rotatable bonds is 6. The molecule has 1 amide bonds. The summed E-state index contributed by atoms with van der Waals surface area (Å²) in [6.45, 7) is 3.04. The van der Waals surface area contributed by atoms with Gasteiger partial charge in [-0.3, -0.25) is 19.7 Å². The summed E-state index contributed by atoms with van der Waals surface area (Å²) in [6.07, 6.45) is 0. The lowest BCUT2D eigenvalue weighted by Crippen LogP contribution is -2.40. The summed E-state index contributed by atoms with van der Waals surface area (Å²) in [5.74, 6) is -2.34. The van der Waals surface area contributed by atoms with Gasteiger partial charge in [0, 0.05) is 23.7 Å². The van der Waals surface area contributed by atoms with Crippen LogP contribution in [-0.4, -0.2) is 35.1 Å². The first kappa shape index (κ1) is 16.4. The topological polar surface area (TPSA) is 119 Å². The molecule has 0 bridgehead atoms. The number of nitrogens with zero attached hydrogens (tertiary/aromatic N) is 1. The third-order valence-corrected chi connectivity index (χ3v) is 3.14. The Morgan fingerprint density at radius 1 is 1.38 bits per heavy atom. The minimum Gasteiger partial charge on any atom is -0.490 e. The monoisotopic (exact) mass is 296 g/mol. The maximum Gasteiger partial charge on any atom is 0.310 e. The van der Waals surface area contributed by atoms with E-state index in [-0.39, 0.29) is 17.0 Å². The van der Waals surface area contributed by atoms with Crippen LogP contribution in [0, 0.1) is 16.0 Å². The summed E-state index contributed by atoms with van der Waals surface area (Å²) in [4.78, 5) is 33.0. The first-order valence-electron chi connectivity index (χ1n) is 6.14. The molecule has 0 aliphatic heterocycles. The van der Waals surface area contributed by atoms with Gasteiger partial charge >= 0.3 is 11.7 Å². The average molecular weight is 296 g/mol. The molecule has 0 aromatic heterocycles. The second-order valence-electron chi connectivity index (χ2n) is 4.53. The van der Waals surface area contributed by atoms with Crippen LogP contribution in [0.4, 0.5) is 5.69 Å². The van der Waals surface area contributed by atoms with Gasteiger partial charge in [0.2, 0.25) is 0 Å². The summed E-state index contributed by atoms with van der Waals surface area (Å²) >= 11 is 0. The van der Waals surface area contributed by atoms with Crippen molar-refractivity contribution in [1.29, 1.82) is 0 Å². The molecule has 0 radical (unpaired) electrons. The van der Waals surface area contributed by atoms with Crippen molar-refractivity contribution in [3.63, 3.8) is 0 Å². The van der Waals surface area contributed by atoms with Crippen molar-refractivity contribution >= 4 is 17.6 Å². The van der Waals surface area contributed by atoms with Gasteiger partial charge in [-0.15, -0.1) is 0 Å². The molecule has 1 aromatic carbocycles. The second-order valence-corrected chi connectivity index (χ2v) is 4.53. The summed E-state index contributed by atoms with van der Waals surface area (Å²) in [5, 5.41) is 22.2. The van der Waals surface area contributed by atoms with Crippen LogP contribution in [0.2, 0.25) is 0 Å². The fraction of sp³-hybridized carbons (Fsp3) is 0.385. The van der Waals surface area contributed by atoms with Crippen molar-refractivity contribution in [3.8, 4) is 5.75 Å². The van der Waals surface area contributed by atoms with Crippen LogP contribution in [0.15, 0.2) is 18.2 Å². The maximum absolute atomic E-state index is 12.0. The maximum atomic E-state index is 12.0. The average Bonchev–Trinajstić information content (AvgIpc) is 2.45. The lowest BCUT2D eigenvalue weighted by molar-refractivity contribution is -0.385. The molecular formula is C13H16N2O6. The molecule has 1 aromatic rings. The largest absolute Gasteiger partial charge is 0.490 e. The van der Waals surface area contributed by atoms with Crippen molar-refractivity contribution in [1.82, 2.24) is 5.32 Å². The normalized spacial score (nSPS) is 13.1. The van der Waals surface area contributed by atoms with Gasteiger partial charge in [-0.1, -0.05) is 0 Å². The van der Waals surface area contributed by atoms with Crippen molar-refractivity contribution in [2.24, 2.45) is 5.92 Å². The van der Waals surface area contributed by atoms with Crippen molar-refractivity contribution < 1.29 is 24.4 Å². The molecule has 8 nitrogen and oxygen atoms in total. The van der Waals surface area contributed by atoms with Crippen molar-refractivity contribution in [2.75, 3.05) is 7.11 Å². The van der Waals surface area contributed by atoms with E-state index in [1.807, 2.05) is 0 Å². The summed E-state index contributed by atoms with van der Waals surface area (Å²) in [5.41, 5.74) is -0.0945. The Labute approximate surface area is 120 Å². The van der Waals surface area contributed by atoms with Crippen LogP contribution in [-0.2, 0) is 4.79 Å². The Kier molecular flexibility index (Phi) is 5.23. The number of carboxylic acid groups (broad SMARTS) is 1. The highest BCUT2D eigenvalue weighted by Crippen LogP contribution is 2.27. The van der Waals surface area contributed by atoms with Crippen LogP contribution in [0.3, 0.4) is 0 Å². The molecule has 21 heavy (non-hydrogen) atoms. The van der Waals surface area contributed by atoms with E-state index in [0.29, 0.717) is 0 Å². The lowest BCUT2D eigenvalue weighted by atomic mass is 10.0. The molecular weight excluding hydrogens is 280 g/mol. The number of benzene rings is 1. The van der Waals surface area contributed by atoms with Gasteiger partial charge in [-0.05, 0) is 19.9 Å². The molecule has 2 unspecified atom stereocenters. The van der Waals surface area contributed by atoms with Gasteiger partial charge in [0.1, 0.15) is 0 Å². The van der Waals surface area contributed by atoms with Crippen molar-refractivity contribution in [3.05, 3.63) is 33.9 Å². The number of nitro groups is 1. The fourth-order valence-electron chi connectivity index (χ4n) is 1.60. The molecule has 0 fully saturated rings. The molecule has 2 N–H and O–H groups in total. The van der Waals surface area contributed by atoms with Gasteiger partial charge in [0.25, 0.3) is 5.91 Å². The highest BCUT2D eigenvalue weighted by molar-refractivity contribution is 5.95. The number of carboxylic acids is 1. The number of aliphatic carboxylic acids is 1. The number of hydrogen-bond acceptors (Lipinski definition) is 5. The second kappa shape index (κ2) is 6.69. The van der Waals surface area contributed by atoms with Gasteiger partial charge in [0.05, 0.1) is 18.0 Å². The predicted octanol–water partition coefficient (Wildman–Crippen LogP) is 1.44. The number of methoxy groups -OCH3 is 1. The molecule has 0 saturated heterocycles. The van der Waals surface area contributed by atoms with Gasteiger partial charge in [0.15, 0.2) is 5.75 Å². The first-order valence-corrected chi connectivity index (χ1v) is 6.14. The number of ether oxygens (including phenoxy) is 1. The number of amides is 1. The van der Waals surface area contributed by atoms with Crippen LogP contribution in [0.5, 0.6) is 5.75 Å². The zero-order chi connectivity index (χ0) is 16.2. The van der Waals surface area contributed by atoms with Crippen LogP contribution in [0.1, 0.15) is 24.2 Å². The SMILES string of the molecule is COc1cc(C(=O)NC(C)C(C)C(=O)O)ccc1[N+](=O)[O-]. The first-order chi connectivity index (χ1) is 9.77. The van der Waals surface area contributed by atoms with Gasteiger partial charge in [-0.2, -0.15) is 0 Å². The highest BCUT2D eigenvalue weighted by atomic mass is 16.6. The number of nitrogens with one attached hydrogen (secondary N) is 1. The molecule has 114 valence electrons. The molecule has 0 aliphatic carbocycles. The Bertz CT molecular complexity index is 572. The molecule has 2 atom stereocenters. The van der Waals surface area contributed by atoms with Crippen molar-refractivity contribution in [2.45, 2.75) is 19.9 Å². The van der Waals surface area contributed by atoms with Crippen LogP contribution < -0.4 is 10.1 Å². The van der Waals surface area contributed by atoms with Gasteiger partial charge in [-0.25, -0.2) is 0 Å². The molecule has 0 saturated carbocycles. The van der Waals surface area contributed by atoms with Crippen LogP contribution >= 0.6 is 0 Å². The smallest absolute Gasteiger partial charge is 0.310 e. The predicted molar refractivity (Wildman–Crippen MR) is 73.4 cm³/mol. The quantitative estimate of drug-likeness (QED) is 0.605. The van der Waals surface area contributed by atoms with E-state index >= 15 is 0 Å². The summed E-state index contributed by atoms with van der Waals surface area (Å²) < 4.78 is 4.87. The third-order valence-electron chi connectivity index (χ3n) is 3.14. The van der Waals surface area contributed by atoms with E-state index < -0.39 is 28.8 Å². The lowest BCUT2D eigenvalue weighted by Gasteiger charge is -2.17. The Morgan fingerprint density at radius 2 is 2.00 bits per heavy atom. The zero-order valence-corrected chi connectivity index (χ0v) is 11.8. The number of carbonyl (C=O) groups is 2. The molecule has 0 spiro atoms. The van der Waals surface area contributed by atoms with E-state index in [1.54, 1.807) is 6.92 Å². The van der Waals surface area contributed by atoms with E-state index in [9.17, 15) is 19.7 Å². The molecule has 0 aliphatic rings. The zero-order valence-electron chi connectivity index (χ0n) is 11.8. The standard InChI is InChI=1S/C13H16N2O6/c1-7(13(17)18)8(2)14-12(16)9-4-5-10(15(19)20)11(6-9)21-3/h4-8H,1-3H3,(H,14,16)(H,17,18). The Hall–Kier alpha value is -2.64. The number of hydrogen-bond donors (Lipinski definition) is 2. The Morgan fingerprint density at radius 3 is 2.48 bits per heavy atom. The molecule has 0 heterocycles. The van der Waals surface area contributed by atoms with E-state index in [1.165, 1.54) is 32.2 Å². The van der Waals surface area contributed by atoms with Crippen LogP contribution in [0.25, 0.3) is 0 Å². The minimum absolute atomic E-state index is 0.0356. The minimum atomic E-state index is -1.02. The number of nitro benzene ring substituents is 1. The molecule has 8 heteroatoms. The highest BCUT2D eigenvalue weighted by Gasteiger charge is 2.23. The summed E-state index contributed by atoms with van der Waals surface area (Å²) in [7, 11) is 1.26. The third kappa shape index (κ3) is 3.91. The van der Waals surface area contributed by atoms with Gasteiger partial charge < -0.3 is 15.2 Å². The Balaban J connectivity index is 2.93. The van der Waals surface area contributed by atoms with E-state index in [0.717, 1.165) is 0 Å². The summed E-state index contributed by atoms with van der Waals surface area (Å²) in [6, 6.07) is 3.11. The van der Waals surface area contributed by atoms with E-state index in [4.69, 9.17) is 9.84 Å². The fourth-order valence-corrected chi connectivity index (χ4v) is 1.60. The van der Waals surface area contributed by atoms with E-state index in [2.05, 4.69) is 5.32 Å². The molecule has 1 rings (SSSR count). The number of carbonyl (C=O) groups excluding carboxylic acids is 1.